The molecule has 0 saturated heterocycles. The van der Waals surface area contributed by atoms with Crippen molar-refractivity contribution >= 4 is 74.7 Å². The number of benzene rings is 2. The van der Waals surface area contributed by atoms with E-state index in [9.17, 15) is 4.79 Å². The number of para-hydroxylation sites is 1. The summed E-state index contributed by atoms with van der Waals surface area (Å²) in [4.78, 5) is 12.4. The molecule has 1 amide bonds. The summed E-state index contributed by atoms with van der Waals surface area (Å²) in [6, 6.07) is 13.0. The minimum absolute atomic E-state index is 0.123. The average Bonchev–Trinajstić information content (AvgIpc) is 3.06. The van der Waals surface area contributed by atoms with Gasteiger partial charge in [0.05, 0.1) is 27.0 Å². The number of nitrogens with one attached hydrogen (secondary N) is 1. The summed E-state index contributed by atoms with van der Waals surface area (Å²) in [6.07, 6.45) is 0. The molecule has 4 rings (SSSR count). The molecule has 5 nitrogen and oxygen atoms in total. The van der Waals surface area contributed by atoms with Crippen LogP contribution in [0.1, 0.15) is 5.56 Å². The number of hydrogen-bond acceptors (Lipinski definition) is 4. The first kappa shape index (κ1) is 19.3. The predicted molar refractivity (Wildman–Crippen MR) is 116 cm³/mol. The first-order valence-electron chi connectivity index (χ1n) is 8.24. The Morgan fingerprint density at radius 1 is 1.11 bits per heavy atom. The van der Waals surface area contributed by atoms with Crippen LogP contribution < -0.4 is 5.32 Å². The van der Waals surface area contributed by atoms with Crippen LogP contribution in [-0.4, -0.2) is 26.3 Å². The van der Waals surface area contributed by atoms with E-state index in [0.717, 1.165) is 22.1 Å². The normalized spacial score (nSPS) is 11.3. The molecule has 0 fully saturated rings. The highest BCUT2D eigenvalue weighted by Crippen LogP contribution is 2.34. The number of halogens is 3. The van der Waals surface area contributed by atoms with Gasteiger partial charge in [-0.15, -0.1) is 10.2 Å². The van der Waals surface area contributed by atoms with Crippen molar-refractivity contribution in [2.24, 2.45) is 0 Å². The number of aryl methyl sites for hydroxylation is 1. The molecule has 1 N–H and O–H groups in total. The third-order valence-electron chi connectivity index (χ3n) is 4.18. The number of carbonyl (C=O) groups excluding carboxylic acids is 1. The molecule has 0 atom stereocenters. The molecular formula is C19H13Cl3N4OS. The van der Waals surface area contributed by atoms with Gasteiger partial charge in [0.25, 0.3) is 0 Å². The fourth-order valence-corrected chi connectivity index (χ4v) is 4.60. The largest absolute Gasteiger partial charge is 0.323 e. The number of nitrogens with zero attached hydrogens (tertiary/aromatic N) is 3. The first-order chi connectivity index (χ1) is 13.4. The predicted octanol–water partition coefficient (Wildman–Crippen LogP) is 5.88. The lowest BCUT2D eigenvalue weighted by molar-refractivity contribution is -0.113. The molecule has 142 valence electrons. The van der Waals surface area contributed by atoms with Crippen LogP contribution in [0.25, 0.3) is 16.6 Å². The van der Waals surface area contributed by atoms with Crippen LogP contribution in [0, 0.1) is 6.92 Å². The van der Waals surface area contributed by atoms with Crippen LogP contribution in [0.5, 0.6) is 0 Å². The van der Waals surface area contributed by atoms with Crippen molar-refractivity contribution in [2.45, 2.75) is 12.1 Å². The van der Waals surface area contributed by atoms with E-state index in [1.54, 1.807) is 0 Å². The molecule has 0 aliphatic carbocycles. The van der Waals surface area contributed by atoms with Crippen LogP contribution in [-0.2, 0) is 4.79 Å². The minimum Gasteiger partial charge on any atom is -0.323 e. The van der Waals surface area contributed by atoms with E-state index in [1.165, 1.54) is 23.9 Å². The quantitative estimate of drug-likeness (QED) is 0.393. The van der Waals surface area contributed by atoms with E-state index in [-0.39, 0.29) is 21.7 Å². The minimum atomic E-state index is -0.260. The summed E-state index contributed by atoms with van der Waals surface area (Å²) in [5.41, 5.74) is 3.19. The molecule has 0 radical (unpaired) electrons. The summed E-state index contributed by atoms with van der Waals surface area (Å²) in [5, 5.41) is 13.9. The zero-order valence-corrected chi connectivity index (χ0v) is 17.6. The van der Waals surface area contributed by atoms with Gasteiger partial charge in [-0.05, 0) is 36.8 Å². The number of rotatable bonds is 4. The maximum Gasteiger partial charge on any atom is 0.234 e. The van der Waals surface area contributed by atoms with Crippen molar-refractivity contribution in [3.05, 3.63) is 63.1 Å². The second-order valence-electron chi connectivity index (χ2n) is 6.10. The van der Waals surface area contributed by atoms with E-state index in [4.69, 9.17) is 34.8 Å². The van der Waals surface area contributed by atoms with Crippen molar-refractivity contribution in [3.63, 3.8) is 0 Å². The molecule has 2 aromatic heterocycles. The Labute approximate surface area is 180 Å². The Bertz CT molecular complexity index is 1200. The van der Waals surface area contributed by atoms with Gasteiger partial charge in [0.15, 0.2) is 10.8 Å². The van der Waals surface area contributed by atoms with E-state index >= 15 is 0 Å². The van der Waals surface area contributed by atoms with Crippen LogP contribution in [0.3, 0.4) is 0 Å². The fourth-order valence-electron chi connectivity index (χ4n) is 2.94. The Hall–Kier alpha value is -1.99. The molecule has 0 aliphatic heterocycles. The van der Waals surface area contributed by atoms with Crippen molar-refractivity contribution in [1.82, 2.24) is 14.6 Å². The lowest BCUT2D eigenvalue weighted by atomic mass is 10.1. The van der Waals surface area contributed by atoms with Gasteiger partial charge in [-0.3, -0.25) is 9.20 Å². The molecule has 0 saturated carbocycles. The van der Waals surface area contributed by atoms with E-state index < -0.39 is 0 Å². The molecule has 4 aromatic rings. The summed E-state index contributed by atoms with van der Waals surface area (Å²) < 4.78 is 1.95. The number of pyridine rings is 1. The fraction of sp³-hybridized carbons (Fsp3) is 0.105. The molecule has 0 aliphatic rings. The number of amides is 1. The van der Waals surface area contributed by atoms with Gasteiger partial charge in [0.1, 0.15) is 0 Å². The molecule has 0 bridgehead atoms. The molecule has 2 heterocycles. The Morgan fingerprint density at radius 3 is 2.57 bits per heavy atom. The van der Waals surface area contributed by atoms with Crippen molar-refractivity contribution in [2.75, 3.05) is 11.1 Å². The maximum atomic E-state index is 12.4. The van der Waals surface area contributed by atoms with Crippen LogP contribution in [0.15, 0.2) is 47.6 Å². The second-order valence-corrected chi connectivity index (χ2v) is 8.30. The van der Waals surface area contributed by atoms with E-state index in [0.29, 0.717) is 15.9 Å². The monoisotopic (exact) mass is 450 g/mol. The van der Waals surface area contributed by atoms with Crippen LogP contribution >= 0.6 is 46.6 Å². The van der Waals surface area contributed by atoms with Gasteiger partial charge in [-0.2, -0.15) is 0 Å². The average molecular weight is 452 g/mol. The number of thioether (sulfide) groups is 1. The zero-order chi connectivity index (χ0) is 19.8. The zero-order valence-electron chi connectivity index (χ0n) is 14.5. The van der Waals surface area contributed by atoms with Gasteiger partial charge < -0.3 is 5.32 Å². The SMILES string of the molecule is Cc1cc2nnc(SCC(=O)Nc3c(Cl)cc(Cl)cc3Cl)n2c2ccccc12. The smallest absolute Gasteiger partial charge is 0.234 e. The molecule has 9 heteroatoms. The lowest BCUT2D eigenvalue weighted by Crippen LogP contribution is -2.15. The lowest BCUT2D eigenvalue weighted by Gasteiger charge is -2.10. The molecule has 0 unspecified atom stereocenters. The summed E-state index contributed by atoms with van der Waals surface area (Å²) in [7, 11) is 0. The van der Waals surface area contributed by atoms with Gasteiger partial charge >= 0.3 is 0 Å². The maximum absolute atomic E-state index is 12.4. The highest BCUT2D eigenvalue weighted by atomic mass is 35.5. The molecular weight excluding hydrogens is 439 g/mol. The highest BCUT2D eigenvalue weighted by molar-refractivity contribution is 7.99. The van der Waals surface area contributed by atoms with Gasteiger partial charge in [-0.25, -0.2) is 0 Å². The molecule has 0 spiro atoms. The van der Waals surface area contributed by atoms with Gasteiger partial charge in [-0.1, -0.05) is 64.8 Å². The summed E-state index contributed by atoms with van der Waals surface area (Å²) >= 11 is 19.4. The molecule has 28 heavy (non-hydrogen) atoms. The summed E-state index contributed by atoms with van der Waals surface area (Å²) in [5.74, 6) is -0.137. The molecule has 2 aromatic carbocycles. The topological polar surface area (TPSA) is 59.3 Å². The standard InChI is InChI=1S/C19H13Cl3N4OS/c1-10-6-16-24-25-19(26(16)15-5-3-2-4-12(10)15)28-9-17(27)23-18-13(21)7-11(20)8-14(18)22/h2-8H,9H2,1H3,(H,23,27). The third-order valence-corrected chi connectivity index (χ3v) is 5.92. The van der Waals surface area contributed by atoms with Crippen LogP contribution in [0.4, 0.5) is 5.69 Å². The van der Waals surface area contributed by atoms with Crippen molar-refractivity contribution in [3.8, 4) is 0 Å². The summed E-state index contributed by atoms with van der Waals surface area (Å²) in [6.45, 7) is 2.04. The number of carbonyl (C=O) groups is 1. The Balaban J connectivity index is 1.58. The Morgan fingerprint density at radius 2 is 1.82 bits per heavy atom. The number of anilines is 1. The Kier molecular flexibility index (Phi) is 5.38. The second kappa shape index (κ2) is 7.79. The first-order valence-corrected chi connectivity index (χ1v) is 10.4. The van der Waals surface area contributed by atoms with E-state index in [2.05, 4.69) is 21.6 Å². The number of hydrogen-bond donors (Lipinski definition) is 1. The number of fused-ring (bicyclic) bond motifs is 3. The van der Waals surface area contributed by atoms with Gasteiger partial charge in [0, 0.05) is 10.4 Å². The van der Waals surface area contributed by atoms with E-state index in [1.807, 2.05) is 35.6 Å². The third kappa shape index (κ3) is 3.65. The van der Waals surface area contributed by atoms with Gasteiger partial charge in [0.2, 0.25) is 5.91 Å². The van der Waals surface area contributed by atoms with Crippen molar-refractivity contribution in [1.29, 1.82) is 0 Å². The van der Waals surface area contributed by atoms with Crippen LogP contribution in [0.2, 0.25) is 15.1 Å². The highest BCUT2D eigenvalue weighted by Gasteiger charge is 2.15. The van der Waals surface area contributed by atoms with Crippen molar-refractivity contribution < 1.29 is 4.79 Å². The number of aromatic nitrogens is 3.